The van der Waals surface area contributed by atoms with Gasteiger partial charge in [-0.25, -0.2) is 9.97 Å². The fourth-order valence-electron chi connectivity index (χ4n) is 3.25. The second kappa shape index (κ2) is 5.17. The topological polar surface area (TPSA) is 80.0 Å². The molecule has 2 aliphatic rings. The number of amides is 1. The Morgan fingerprint density at radius 3 is 2.91 bits per heavy atom. The van der Waals surface area contributed by atoms with E-state index in [1.54, 1.807) is 0 Å². The van der Waals surface area contributed by atoms with E-state index in [1.807, 2.05) is 0 Å². The molecule has 2 saturated heterocycles. The van der Waals surface area contributed by atoms with Crippen molar-refractivity contribution in [1.29, 1.82) is 0 Å². The molecule has 1 amide bonds. The molecule has 114 valence electrons. The van der Waals surface area contributed by atoms with Crippen LogP contribution in [0.4, 0.5) is 4.39 Å². The summed E-state index contributed by atoms with van der Waals surface area (Å²) < 4.78 is 18.3. The Morgan fingerprint density at radius 2 is 2.23 bits per heavy atom. The number of hydrogen-bond acceptors (Lipinski definition) is 5. The second-order valence-corrected chi connectivity index (χ2v) is 5.76. The highest BCUT2D eigenvalue weighted by Crippen LogP contribution is 2.28. The quantitative estimate of drug-likeness (QED) is 0.840. The summed E-state index contributed by atoms with van der Waals surface area (Å²) in [6.07, 6.45) is 6.01. The summed E-state index contributed by atoms with van der Waals surface area (Å²) in [5, 5.41) is 6.43. The van der Waals surface area contributed by atoms with Gasteiger partial charge in [0.05, 0.1) is 6.20 Å². The molecule has 3 atom stereocenters. The maximum atomic E-state index is 12.8. The van der Waals surface area contributed by atoms with Gasteiger partial charge in [-0.1, -0.05) is 0 Å². The van der Waals surface area contributed by atoms with Gasteiger partial charge >= 0.3 is 5.91 Å². The average Bonchev–Trinajstić information content (AvgIpc) is 3.24. The lowest BCUT2D eigenvalue weighted by Gasteiger charge is -2.20. The highest BCUT2D eigenvalue weighted by Gasteiger charge is 2.40. The summed E-state index contributed by atoms with van der Waals surface area (Å²) in [4.78, 5) is 19.8. The molecule has 2 N–H and O–H groups in total. The molecule has 2 aromatic rings. The molecule has 0 aromatic carbocycles. The van der Waals surface area contributed by atoms with Gasteiger partial charge < -0.3 is 15.1 Å². The maximum Gasteiger partial charge on any atom is 0.307 e. The molecular formula is C15H15FN4O2. The van der Waals surface area contributed by atoms with Gasteiger partial charge in [0.15, 0.2) is 5.76 Å². The van der Waals surface area contributed by atoms with Gasteiger partial charge in [0, 0.05) is 29.9 Å². The Balaban J connectivity index is 1.46. The summed E-state index contributed by atoms with van der Waals surface area (Å²) in [5.74, 6) is -0.475. The second-order valence-electron chi connectivity index (χ2n) is 5.76. The number of nitrogens with one attached hydrogen (secondary N) is 2. The molecule has 0 radical (unpaired) electrons. The van der Waals surface area contributed by atoms with Gasteiger partial charge in [-0.3, -0.25) is 4.79 Å². The summed E-state index contributed by atoms with van der Waals surface area (Å²) in [6, 6.07) is 3.77. The zero-order valence-corrected chi connectivity index (χ0v) is 11.8. The summed E-state index contributed by atoms with van der Waals surface area (Å²) >= 11 is 0. The smallest absolute Gasteiger partial charge is 0.307 e. The van der Waals surface area contributed by atoms with Crippen molar-refractivity contribution in [2.75, 3.05) is 0 Å². The molecule has 0 spiro atoms. The first-order chi connectivity index (χ1) is 10.7. The maximum absolute atomic E-state index is 12.8. The predicted octanol–water partition coefficient (Wildman–Crippen LogP) is 1.50. The number of pyridine rings is 1. The molecule has 3 unspecified atom stereocenters. The average molecular weight is 302 g/mol. The van der Waals surface area contributed by atoms with Gasteiger partial charge in [0.25, 0.3) is 5.89 Å². The van der Waals surface area contributed by atoms with Crippen LogP contribution in [0.15, 0.2) is 28.9 Å². The van der Waals surface area contributed by atoms with Crippen molar-refractivity contribution in [1.82, 2.24) is 20.6 Å². The van der Waals surface area contributed by atoms with Gasteiger partial charge in [-0.15, -0.1) is 0 Å². The largest absolute Gasteiger partial charge is 0.432 e. The van der Waals surface area contributed by atoms with Crippen LogP contribution in [0.2, 0.25) is 0 Å². The van der Waals surface area contributed by atoms with Crippen LogP contribution in [0.1, 0.15) is 29.9 Å². The molecule has 2 aromatic heterocycles. The zero-order chi connectivity index (χ0) is 15.1. The Hall–Kier alpha value is -2.28. The first-order valence-electron chi connectivity index (χ1n) is 7.34. The van der Waals surface area contributed by atoms with Gasteiger partial charge in [0.2, 0.25) is 5.95 Å². The minimum Gasteiger partial charge on any atom is -0.432 e. The Bertz CT molecular complexity index is 700. The normalized spacial score (nSPS) is 26.3. The monoisotopic (exact) mass is 302 g/mol. The molecule has 4 heterocycles. The lowest BCUT2D eigenvalue weighted by atomic mass is 9.95. The van der Waals surface area contributed by atoms with Crippen molar-refractivity contribution in [3.05, 3.63) is 36.4 Å². The first-order valence-corrected chi connectivity index (χ1v) is 7.34. The fraction of sp³-hybridized carbons (Fsp3) is 0.400. The van der Waals surface area contributed by atoms with Crippen LogP contribution >= 0.6 is 0 Å². The predicted molar refractivity (Wildman–Crippen MR) is 75.5 cm³/mol. The molecule has 2 fully saturated rings. The molecule has 6 nitrogen and oxygen atoms in total. The number of carbonyl (C=O) groups is 1. The third-order valence-electron chi connectivity index (χ3n) is 4.33. The van der Waals surface area contributed by atoms with Gasteiger partial charge in [-0.2, -0.15) is 4.39 Å². The lowest BCUT2D eigenvalue weighted by molar-refractivity contribution is 0.0896. The highest BCUT2D eigenvalue weighted by atomic mass is 19.1. The number of fused-ring (bicyclic) bond motifs is 2. The molecule has 0 saturated carbocycles. The number of rotatable bonds is 3. The molecular weight excluding hydrogens is 287 g/mol. The number of oxazole rings is 1. The van der Waals surface area contributed by atoms with E-state index in [0.717, 1.165) is 12.8 Å². The van der Waals surface area contributed by atoms with E-state index in [0.29, 0.717) is 23.4 Å². The highest BCUT2D eigenvalue weighted by molar-refractivity contribution is 5.90. The van der Waals surface area contributed by atoms with Crippen LogP contribution in [0.5, 0.6) is 0 Å². The van der Waals surface area contributed by atoms with Crippen LogP contribution < -0.4 is 10.6 Å². The van der Waals surface area contributed by atoms with E-state index in [2.05, 4.69) is 20.6 Å². The fourth-order valence-corrected chi connectivity index (χ4v) is 3.25. The molecule has 4 rings (SSSR count). The van der Waals surface area contributed by atoms with Crippen LogP contribution in [-0.4, -0.2) is 34.0 Å². The minimum absolute atomic E-state index is 0.0158. The van der Waals surface area contributed by atoms with Crippen molar-refractivity contribution in [3.63, 3.8) is 0 Å². The number of hydrogen-bond donors (Lipinski definition) is 2. The third-order valence-corrected chi connectivity index (χ3v) is 4.33. The number of aromatic nitrogens is 2. The van der Waals surface area contributed by atoms with Crippen LogP contribution in [0.3, 0.4) is 0 Å². The molecule has 2 bridgehead atoms. The Labute approximate surface area is 126 Å². The van der Waals surface area contributed by atoms with E-state index in [4.69, 9.17) is 4.42 Å². The Kier molecular flexibility index (Phi) is 3.15. The molecule has 2 aliphatic heterocycles. The van der Waals surface area contributed by atoms with Crippen molar-refractivity contribution in [2.24, 2.45) is 0 Å². The first kappa shape index (κ1) is 13.4. The number of halogens is 1. The van der Waals surface area contributed by atoms with Gasteiger partial charge in [-0.05, 0) is 31.4 Å². The Morgan fingerprint density at radius 1 is 1.32 bits per heavy atom. The van der Waals surface area contributed by atoms with E-state index < -0.39 is 5.95 Å². The molecule has 22 heavy (non-hydrogen) atoms. The van der Waals surface area contributed by atoms with Crippen molar-refractivity contribution in [2.45, 2.75) is 37.4 Å². The summed E-state index contributed by atoms with van der Waals surface area (Å²) in [7, 11) is 0. The standard InChI is InChI=1S/C15H15FN4O2/c16-13-4-1-8(6-17-13)12-7-18-15(22-12)14(21)20-11-5-9-2-3-10(11)19-9/h1,4,6-7,9-11,19H,2-3,5H2,(H,20,21). The summed E-state index contributed by atoms with van der Waals surface area (Å²) in [5.41, 5.74) is 0.578. The van der Waals surface area contributed by atoms with E-state index >= 15 is 0 Å². The van der Waals surface area contributed by atoms with E-state index in [1.165, 1.54) is 30.9 Å². The van der Waals surface area contributed by atoms with Crippen molar-refractivity contribution >= 4 is 5.91 Å². The van der Waals surface area contributed by atoms with Crippen molar-refractivity contribution < 1.29 is 13.6 Å². The van der Waals surface area contributed by atoms with Crippen molar-refractivity contribution in [3.8, 4) is 11.3 Å². The summed E-state index contributed by atoms with van der Waals surface area (Å²) in [6.45, 7) is 0. The lowest BCUT2D eigenvalue weighted by Crippen LogP contribution is -2.43. The minimum atomic E-state index is -0.565. The SMILES string of the molecule is O=C(NC1CC2CCC1N2)c1ncc(-c2ccc(F)nc2)o1. The zero-order valence-electron chi connectivity index (χ0n) is 11.8. The third kappa shape index (κ3) is 2.37. The van der Waals surface area contributed by atoms with Crippen LogP contribution in [0, 0.1) is 5.95 Å². The van der Waals surface area contributed by atoms with E-state index in [9.17, 15) is 9.18 Å². The molecule has 0 aliphatic carbocycles. The van der Waals surface area contributed by atoms with E-state index in [-0.39, 0.29) is 17.8 Å². The number of carbonyl (C=O) groups excluding carboxylic acids is 1. The van der Waals surface area contributed by atoms with Gasteiger partial charge in [0.1, 0.15) is 0 Å². The van der Waals surface area contributed by atoms with Crippen LogP contribution in [-0.2, 0) is 0 Å². The van der Waals surface area contributed by atoms with Crippen LogP contribution in [0.25, 0.3) is 11.3 Å². The molecule has 7 heteroatoms. The number of nitrogens with zero attached hydrogens (tertiary/aromatic N) is 2.